The molecule has 0 saturated carbocycles. The molecular weight excluding hydrogens is 340 g/mol. The van der Waals surface area contributed by atoms with Gasteiger partial charge in [-0.15, -0.1) is 0 Å². The highest BCUT2D eigenvalue weighted by Gasteiger charge is 2.26. The number of hydrogen-bond acceptors (Lipinski definition) is 3. The zero-order valence-corrected chi connectivity index (χ0v) is 14.7. The topological polar surface area (TPSA) is 51.7 Å². The number of aromatic nitrogens is 2. The normalized spacial score (nSPS) is 13.1. The Balaban J connectivity index is 1.45. The van der Waals surface area contributed by atoms with Gasteiger partial charge in [-0.05, 0) is 23.8 Å². The summed E-state index contributed by atoms with van der Waals surface area (Å²) in [6, 6.07) is 18.8. The van der Waals surface area contributed by atoms with Gasteiger partial charge < -0.3 is 9.64 Å². The van der Waals surface area contributed by atoms with Gasteiger partial charge in [-0.25, -0.2) is 4.85 Å². The third kappa shape index (κ3) is 3.67. The number of benzene rings is 2. The summed E-state index contributed by atoms with van der Waals surface area (Å²) in [5.41, 5.74) is 2.93. The average molecular weight is 358 g/mol. The second-order valence-corrected chi connectivity index (χ2v) is 6.35. The first kappa shape index (κ1) is 16.9. The van der Waals surface area contributed by atoms with Crippen LogP contribution in [-0.4, -0.2) is 27.1 Å². The van der Waals surface area contributed by atoms with E-state index in [-0.39, 0.29) is 12.5 Å². The molecular formula is C21H18N4O2. The molecule has 0 spiro atoms. The van der Waals surface area contributed by atoms with Crippen molar-refractivity contribution in [3.8, 4) is 5.75 Å². The van der Waals surface area contributed by atoms with E-state index in [2.05, 4.69) is 9.94 Å². The molecule has 3 aromatic rings. The molecule has 0 unspecified atom stereocenters. The first-order chi connectivity index (χ1) is 13.2. The summed E-state index contributed by atoms with van der Waals surface area (Å²) in [4.78, 5) is 18.0. The Hall–Kier alpha value is -3.59. The Labute approximate surface area is 157 Å². The Kier molecular flexibility index (Phi) is 4.58. The molecule has 0 fully saturated rings. The molecule has 0 aliphatic carbocycles. The van der Waals surface area contributed by atoms with Crippen molar-refractivity contribution < 1.29 is 9.53 Å². The van der Waals surface area contributed by atoms with Gasteiger partial charge in [0, 0.05) is 13.1 Å². The molecule has 4 rings (SSSR count). The Morgan fingerprint density at radius 3 is 2.74 bits per heavy atom. The Bertz CT molecular complexity index is 1000. The van der Waals surface area contributed by atoms with Gasteiger partial charge in [0.2, 0.25) is 0 Å². The molecule has 27 heavy (non-hydrogen) atoms. The number of carbonyl (C=O) groups is 1. The lowest BCUT2D eigenvalue weighted by molar-refractivity contribution is 0.0683. The monoisotopic (exact) mass is 358 g/mol. The van der Waals surface area contributed by atoms with Crippen LogP contribution < -0.4 is 4.74 Å². The highest BCUT2D eigenvalue weighted by atomic mass is 16.5. The molecule has 2 aromatic carbocycles. The standard InChI is InChI=1S/C21H18N4O2/c1-22-17-8-5-9-19(12-17)27-15-18-13-20-21(26)24(10-11-25(20)23-18)14-16-6-3-2-4-7-16/h2-9,12-13H,10-11,14-15H2. The molecule has 6 heteroatoms. The van der Waals surface area contributed by atoms with E-state index >= 15 is 0 Å². The second kappa shape index (κ2) is 7.34. The van der Waals surface area contributed by atoms with Crippen LogP contribution in [0.1, 0.15) is 21.7 Å². The van der Waals surface area contributed by atoms with Gasteiger partial charge in [0.05, 0.1) is 13.1 Å². The summed E-state index contributed by atoms with van der Waals surface area (Å²) in [5.74, 6) is 0.602. The van der Waals surface area contributed by atoms with Crippen LogP contribution in [0.3, 0.4) is 0 Å². The first-order valence-electron chi connectivity index (χ1n) is 8.73. The summed E-state index contributed by atoms with van der Waals surface area (Å²) in [6.45, 7) is 9.22. The number of ether oxygens (including phenoxy) is 1. The molecule has 1 aromatic heterocycles. The molecule has 6 nitrogen and oxygen atoms in total. The molecule has 0 saturated heterocycles. The van der Waals surface area contributed by atoms with Gasteiger partial charge in [-0.1, -0.05) is 42.5 Å². The number of rotatable bonds is 5. The number of carbonyl (C=O) groups excluding carboxylic acids is 1. The van der Waals surface area contributed by atoms with Gasteiger partial charge in [0.15, 0.2) is 5.69 Å². The van der Waals surface area contributed by atoms with Gasteiger partial charge in [-0.2, -0.15) is 5.10 Å². The maximum absolute atomic E-state index is 12.8. The lowest BCUT2D eigenvalue weighted by atomic mass is 10.2. The van der Waals surface area contributed by atoms with E-state index in [4.69, 9.17) is 11.3 Å². The highest BCUT2D eigenvalue weighted by molar-refractivity contribution is 5.93. The molecule has 0 N–H and O–H groups in total. The third-order valence-corrected chi connectivity index (χ3v) is 4.47. The van der Waals surface area contributed by atoms with Crippen LogP contribution in [0, 0.1) is 6.57 Å². The van der Waals surface area contributed by atoms with E-state index < -0.39 is 0 Å². The smallest absolute Gasteiger partial charge is 0.272 e. The summed E-state index contributed by atoms with van der Waals surface area (Å²) in [7, 11) is 0. The predicted molar refractivity (Wildman–Crippen MR) is 100 cm³/mol. The Morgan fingerprint density at radius 1 is 1.07 bits per heavy atom. The van der Waals surface area contributed by atoms with Crippen molar-refractivity contribution in [2.75, 3.05) is 6.54 Å². The van der Waals surface area contributed by atoms with Crippen LogP contribution in [0.2, 0.25) is 0 Å². The maximum atomic E-state index is 12.8. The molecule has 134 valence electrons. The van der Waals surface area contributed by atoms with Gasteiger partial charge in [0.25, 0.3) is 5.91 Å². The van der Waals surface area contributed by atoms with E-state index in [0.717, 1.165) is 5.56 Å². The van der Waals surface area contributed by atoms with Gasteiger partial charge >= 0.3 is 0 Å². The largest absolute Gasteiger partial charge is 0.489 e. The minimum absolute atomic E-state index is 0.0149. The van der Waals surface area contributed by atoms with Crippen molar-refractivity contribution in [2.45, 2.75) is 19.7 Å². The summed E-state index contributed by atoms with van der Waals surface area (Å²) >= 11 is 0. The minimum Gasteiger partial charge on any atom is -0.489 e. The van der Waals surface area contributed by atoms with Crippen molar-refractivity contribution in [3.63, 3.8) is 0 Å². The third-order valence-electron chi connectivity index (χ3n) is 4.47. The van der Waals surface area contributed by atoms with Crippen LogP contribution in [0.25, 0.3) is 4.85 Å². The maximum Gasteiger partial charge on any atom is 0.272 e. The number of nitrogens with zero attached hydrogens (tertiary/aromatic N) is 4. The van der Waals surface area contributed by atoms with Gasteiger partial charge in [0.1, 0.15) is 23.7 Å². The highest BCUT2D eigenvalue weighted by Crippen LogP contribution is 2.21. The zero-order chi connectivity index (χ0) is 18.6. The predicted octanol–water partition coefficient (Wildman–Crippen LogP) is 3.67. The quantitative estimate of drug-likeness (QED) is 0.654. The first-order valence-corrected chi connectivity index (χ1v) is 8.73. The molecule has 1 amide bonds. The molecule has 1 aliphatic rings. The van der Waals surface area contributed by atoms with Gasteiger partial charge in [-0.3, -0.25) is 9.48 Å². The van der Waals surface area contributed by atoms with Crippen molar-refractivity contribution in [1.29, 1.82) is 0 Å². The van der Waals surface area contributed by atoms with Crippen LogP contribution in [-0.2, 0) is 19.7 Å². The molecule has 2 heterocycles. The van der Waals surface area contributed by atoms with E-state index in [1.165, 1.54) is 0 Å². The molecule has 0 atom stereocenters. The van der Waals surface area contributed by atoms with Crippen LogP contribution in [0.4, 0.5) is 5.69 Å². The fourth-order valence-corrected chi connectivity index (χ4v) is 3.12. The lowest BCUT2D eigenvalue weighted by Gasteiger charge is -2.27. The lowest BCUT2D eigenvalue weighted by Crippen LogP contribution is -2.39. The molecule has 1 aliphatic heterocycles. The minimum atomic E-state index is -0.0149. The van der Waals surface area contributed by atoms with Crippen molar-refractivity contribution in [2.24, 2.45) is 0 Å². The average Bonchev–Trinajstić information content (AvgIpc) is 3.14. The number of hydrogen-bond donors (Lipinski definition) is 0. The summed E-state index contributed by atoms with van der Waals surface area (Å²) < 4.78 is 7.47. The zero-order valence-electron chi connectivity index (χ0n) is 14.7. The number of fused-ring (bicyclic) bond motifs is 1. The number of amides is 1. The van der Waals surface area contributed by atoms with Crippen molar-refractivity contribution in [1.82, 2.24) is 14.7 Å². The van der Waals surface area contributed by atoms with E-state index in [9.17, 15) is 4.79 Å². The van der Waals surface area contributed by atoms with E-state index in [1.807, 2.05) is 35.2 Å². The summed E-state index contributed by atoms with van der Waals surface area (Å²) in [6.07, 6.45) is 0. The SMILES string of the molecule is [C-]#[N+]c1cccc(OCc2cc3n(n2)CCN(Cc2ccccc2)C3=O)c1. The molecule has 0 bridgehead atoms. The second-order valence-electron chi connectivity index (χ2n) is 6.35. The fourth-order valence-electron chi connectivity index (χ4n) is 3.12. The fraction of sp³-hybridized carbons (Fsp3) is 0.190. The van der Waals surface area contributed by atoms with Crippen molar-refractivity contribution >= 4 is 11.6 Å². The summed E-state index contributed by atoms with van der Waals surface area (Å²) in [5, 5.41) is 4.48. The van der Waals surface area contributed by atoms with Crippen molar-refractivity contribution in [3.05, 3.63) is 89.0 Å². The van der Waals surface area contributed by atoms with Crippen LogP contribution in [0.5, 0.6) is 5.75 Å². The van der Waals surface area contributed by atoms with E-state index in [0.29, 0.717) is 42.5 Å². The van der Waals surface area contributed by atoms with Crippen LogP contribution in [0.15, 0.2) is 60.7 Å². The molecule has 0 radical (unpaired) electrons. The Morgan fingerprint density at radius 2 is 1.93 bits per heavy atom. The van der Waals surface area contributed by atoms with Crippen LogP contribution >= 0.6 is 0 Å². The van der Waals surface area contributed by atoms with E-state index in [1.54, 1.807) is 35.0 Å².